The van der Waals surface area contributed by atoms with E-state index < -0.39 is 5.63 Å². The van der Waals surface area contributed by atoms with Crippen LogP contribution in [0.25, 0.3) is 21.9 Å². The summed E-state index contributed by atoms with van der Waals surface area (Å²) in [7, 11) is 1.54. The molecule has 2 aromatic heterocycles. The van der Waals surface area contributed by atoms with E-state index in [-0.39, 0.29) is 12.5 Å². The molecule has 0 N–H and O–H groups in total. The monoisotopic (exact) mass is 411 g/mol. The number of para-hydroxylation sites is 1. The van der Waals surface area contributed by atoms with E-state index in [1.54, 1.807) is 35.2 Å². The summed E-state index contributed by atoms with van der Waals surface area (Å²) in [6.45, 7) is 2.22. The molecule has 8 heteroatoms. The fraction of sp³-hybridized carbons (Fsp3) is 0.190. The Morgan fingerprint density at radius 3 is 2.79 bits per heavy atom. The number of ether oxygens (including phenoxy) is 1. The second-order valence-corrected chi connectivity index (χ2v) is 6.84. The van der Waals surface area contributed by atoms with Gasteiger partial charge in [-0.3, -0.25) is 9.48 Å². The van der Waals surface area contributed by atoms with E-state index in [1.165, 1.54) is 18.0 Å². The van der Waals surface area contributed by atoms with Crippen LogP contribution in [0.4, 0.5) is 5.69 Å². The Balaban J connectivity index is 1.78. The van der Waals surface area contributed by atoms with Crippen LogP contribution in [0.2, 0.25) is 5.02 Å². The predicted molar refractivity (Wildman–Crippen MR) is 112 cm³/mol. The molecule has 1 amide bonds. The molecule has 0 atom stereocenters. The van der Waals surface area contributed by atoms with Crippen molar-refractivity contribution in [2.45, 2.75) is 13.5 Å². The van der Waals surface area contributed by atoms with Gasteiger partial charge in [-0.2, -0.15) is 5.10 Å². The number of fused-ring (bicyclic) bond motifs is 3. The molecule has 0 aliphatic rings. The lowest BCUT2D eigenvalue weighted by atomic mass is 10.2. The fourth-order valence-electron chi connectivity index (χ4n) is 3.41. The van der Waals surface area contributed by atoms with E-state index in [0.29, 0.717) is 39.5 Å². The summed E-state index contributed by atoms with van der Waals surface area (Å²) in [6.07, 6.45) is 1.43. The molecule has 0 spiro atoms. The molecule has 2 aromatic carbocycles. The number of likely N-dealkylation sites (N-methyl/N-ethyl adjacent to an activating group) is 1. The lowest BCUT2D eigenvalue weighted by molar-refractivity contribution is -0.119. The van der Waals surface area contributed by atoms with Gasteiger partial charge in [-0.05, 0) is 37.3 Å². The maximum absolute atomic E-state index is 13.2. The number of amides is 1. The molecule has 4 rings (SSSR count). The average molecular weight is 412 g/mol. The van der Waals surface area contributed by atoms with Crippen LogP contribution in [0.1, 0.15) is 6.92 Å². The molecule has 4 aromatic rings. The van der Waals surface area contributed by atoms with Crippen LogP contribution in [0.3, 0.4) is 0 Å². The van der Waals surface area contributed by atoms with Gasteiger partial charge in [0.05, 0.1) is 24.5 Å². The molecule has 7 nitrogen and oxygen atoms in total. The summed E-state index contributed by atoms with van der Waals surface area (Å²) >= 11 is 6.13. The van der Waals surface area contributed by atoms with Crippen LogP contribution >= 0.6 is 11.6 Å². The molecule has 148 valence electrons. The summed E-state index contributed by atoms with van der Waals surface area (Å²) in [4.78, 5) is 27.0. The minimum Gasteiger partial charge on any atom is -0.495 e. The summed E-state index contributed by atoms with van der Waals surface area (Å²) in [5, 5.41) is 5.82. The first-order chi connectivity index (χ1) is 14.0. The minimum atomic E-state index is -0.485. The van der Waals surface area contributed by atoms with E-state index in [0.717, 1.165) is 5.39 Å². The van der Waals surface area contributed by atoms with Crippen LogP contribution in [0, 0.1) is 0 Å². The molecule has 0 saturated carbocycles. The molecular weight excluding hydrogens is 394 g/mol. The van der Waals surface area contributed by atoms with Crippen molar-refractivity contribution in [3.05, 3.63) is 64.1 Å². The Bertz CT molecular complexity index is 1280. The van der Waals surface area contributed by atoms with Crippen molar-refractivity contribution < 1.29 is 13.9 Å². The number of hydrogen-bond donors (Lipinski definition) is 0. The van der Waals surface area contributed by atoms with E-state index in [4.69, 9.17) is 20.8 Å². The number of aromatic nitrogens is 2. The highest BCUT2D eigenvalue weighted by atomic mass is 35.5. The predicted octanol–water partition coefficient (Wildman–Crippen LogP) is 3.86. The number of carbonyl (C=O) groups is 1. The lowest BCUT2D eigenvalue weighted by Gasteiger charge is -2.23. The highest BCUT2D eigenvalue weighted by molar-refractivity contribution is 6.31. The Hall–Kier alpha value is -3.32. The van der Waals surface area contributed by atoms with Crippen molar-refractivity contribution in [2.24, 2.45) is 0 Å². The summed E-state index contributed by atoms with van der Waals surface area (Å²) in [6, 6.07) is 12.3. The van der Waals surface area contributed by atoms with Gasteiger partial charge in [-0.1, -0.05) is 23.7 Å². The standard InChI is InChI=1S/C21H18ClN3O4/c1-3-24(16-10-13(22)8-9-18(16)28-2)19(26)12-25-20-14-6-4-5-7-17(14)29-21(27)15(20)11-23-25/h4-11H,3,12H2,1-2H3. The highest BCUT2D eigenvalue weighted by Gasteiger charge is 2.21. The second kappa shape index (κ2) is 7.60. The van der Waals surface area contributed by atoms with Crippen molar-refractivity contribution in [2.75, 3.05) is 18.6 Å². The molecular formula is C21H18ClN3O4. The Labute approximate surface area is 171 Å². The number of halogens is 1. The van der Waals surface area contributed by atoms with Gasteiger partial charge in [0.15, 0.2) is 0 Å². The number of methoxy groups -OCH3 is 1. The minimum absolute atomic E-state index is 0.0551. The Morgan fingerprint density at radius 1 is 1.24 bits per heavy atom. The van der Waals surface area contributed by atoms with Gasteiger partial charge in [-0.25, -0.2) is 4.79 Å². The van der Waals surface area contributed by atoms with Crippen molar-refractivity contribution >= 4 is 45.1 Å². The third-order valence-electron chi connectivity index (χ3n) is 4.74. The van der Waals surface area contributed by atoms with E-state index in [2.05, 4.69) is 5.10 Å². The van der Waals surface area contributed by atoms with Gasteiger partial charge in [0.25, 0.3) is 0 Å². The SMILES string of the molecule is CCN(C(=O)Cn1ncc2c(=O)oc3ccccc3c21)c1cc(Cl)ccc1OC. The number of nitrogens with zero attached hydrogens (tertiary/aromatic N) is 3. The first-order valence-electron chi connectivity index (χ1n) is 9.04. The molecule has 0 radical (unpaired) electrons. The molecule has 0 fully saturated rings. The van der Waals surface area contributed by atoms with Crippen molar-refractivity contribution in [3.63, 3.8) is 0 Å². The molecule has 0 saturated heterocycles. The van der Waals surface area contributed by atoms with Gasteiger partial charge in [-0.15, -0.1) is 0 Å². The van der Waals surface area contributed by atoms with Crippen LogP contribution in [0.5, 0.6) is 5.75 Å². The number of rotatable bonds is 5. The van der Waals surface area contributed by atoms with Gasteiger partial charge < -0.3 is 14.1 Å². The normalized spacial score (nSPS) is 11.1. The van der Waals surface area contributed by atoms with Gasteiger partial charge in [0, 0.05) is 17.0 Å². The number of carbonyl (C=O) groups excluding carboxylic acids is 1. The zero-order valence-corrected chi connectivity index (χ0v) is 16.6. The van der Waals surface area contributed by atoms with Gasteiger partial charge >= 0.3 is 5.63 Å². The Morgan fingerprint density at radius 2 is 2.03 bits per heavy atom. The Kier molecular flexibility index (Phi) is 4.98. The molecule has 0 unspecified atom stereocenters. The zero-order valence-electron chi connectivity index (χ0n) is 15.9. The second-order valence-electron chi connectivity index (χ2n) is 6.40. The molecule has 0 aliphatic carbocycles. The maximum Gasteiger partial charge on any atom is 0.347 e. The van der Waals surface area contributed by atoms with Crippen molar-refractivity contribution in [1.82, 2.24) is 9.78 Å². The van der Waals surface area contributed by atoms with Crippen LogP contribution in [0.15, 0.2) is 57.9 Å². The molecule has 0 bridgehead atoms. The lowest BCUT2D eigenvalue weighted by Crippen LogP contribution is -2.34. The smallest absolute Gasteiger partial charge is 0.347 e. The zero-order chi connectivity index (χ0) is 20.5. The number of benzene rings is 2. The first-order valence-corrected chi connectivity index (χ1v) is 9.42. The van der Waals surface area contributed by atoms with Gasteiger partial charge in [0.2, 0.25) is 5.91 Å². The van der Waals surface area contributed by atoms with Crippen LogP contribution in [-0.2, 0) is 11.3 Å². The van der Waals surface area contributed by atoms with E-state index in [1.807, 2.05) is 19.1 Å². The third kappa shape index (κ3) is 3.34. The summed E-state index contributed by atoms with van der Waals surface area (Å²) < 4.78 is 12.2. The largest absolute Gasteiger partial charge is 0.495 e. The van der Waals surface area contributed by atoms with E-state index in [9.17, 15) is 9.59 Å². The quantitative estimate of drug-likeness (QED) is 0.466. The van der Waals surface area contributed by atoms with Crippen LogP contribution in [-0.4, -0.2) is 29.3 Å². The van der Waals surface area contributed by atoms with Crippen molar-refractivity contribution in [3.8, 4) is 5.75 Å². The fourth-order valence-corrected chi connectivity index (χ4v) is 3.58. The van der Waals surface area contributed by atoms with Crippen LogP contribution < -0.4 is 15.3 Å². The highest BCUT2D eigenvalue weighted by Crippen LogP contribution is 2.31. The average Bonchev–Trinajstić information content (AvgIpc) is 3.13. The topological polar surface area (TPSA) is 77.6 Å². The molecule has 2 heterocycles. The summed E-state index contributed by atoms with van der Waals surface area (Å²) in [5.41, 5.74) is 1.11. The number of hydrogen-bond acceptors (Lipinski definition) is 5. The first kappa shape index (κ1) is 19.0. The maximum atomic E-state index is 13.2. The summed E-state index contributed by atoms with van der Waals surface area (Å²) in [5.74, 6) is 0.330. The molecule has 29 heavy (non-hydrogen) atoms. The van der Waals surface area contributed by atoms with Gasteiger partial charge in [0.1, 0.15) is 23.3 Å². The van der Waals surface area contributed by atoms with Crippen molar-refractivity contribution in [1.29, 1.82) is 0 Å². The molecule has 0 aliphatic heterocycles. The number of anilines is 1. The van der Waals surface area contributed by atoms with E-state index >= 15 is 0 Å². The third-order valence-corrected chi connectivity index (χ3v) is 4.97.